The predicted octanol–water partition coefficient (Wildman–Crippen LogP) is 0.722. The van der Waals surface area contributed by atoms with E-state index in [1.165, 1.54) is 0 Å². The van der Waals surface area contributed by atoms with Gasteiger partial charge in [-0.25, -0.2) is 0 Å². The first-order valence-electron chi connectivity index (χ1n) is 3.48. The van der Waals surface area contributed by atoms with E-state index in [0.717, 1.165) is 6.42 Å². The van der Waals surface area contributed by atoms with Gasteiger partial charge in [-0.3, -0.25) is 0 Å². The molecule has 0 bridgehead atoms. The van der Waals surface area contributed by atoms with Crippen molar-refractivity contribution in [3.05, 3.63) is 0 Å². The minimum Gasteiger partial charge on any atom is -0.324 e. The summed E-state index contributed by atoms with van der Waals surface area (Å²) in [6, 6.07) is 0.428. The van der Waals surface area contributed by atoms with Crippen molar-refractivity contribution in [3.63, 3.8) is 0 Å². The van der Waals surface area contributed by atoms with Gasteiger partial charge in [-0.1, -0.05) is 6.92 Å². The second kappa shape index (κ2) is 3.18. The normalized spacial score (nSPS) is 15.7. The van der Waals surface area contributed by atoms with Crippen LogP contribution in [0.15, 0.2) is 0 Å². The van der Waals surface area contributed by atoms with Crippen molar-refractivity contribution in [2.24, 2.45) is 5.73 Å². The Labute approximate surface area is 57.8 Å². The summed E-state index contributed by atoms with van der Waals surface area (Å²) in [5.74, 6) is 0. The molecule has 0 rings (SSSR count). The molecule has 0 aromatic rings. The van der Waals surface area contributed by atoms with E-state index in [0.29, 0.717) is 6.04 Å². The molecule has 1 atom stereocenters. The maximum absolute atomic E-state index is 5.84. The van der Waals surface area contributed by atoms with Gasteiger partial charge in [0.2, 0.25) is 0 Å². The van der Waals surface area contributed by atoms with Crippen LogP contribution in [-0.2, 0) is 0 Å². The highest BCUT2D eigenvalue weighted by Gasteiger charge is 2.20. The third-order valence-electron chi connectivity index (χ3n) is 1.65. The first-order valence-corrected chi connectivity index (χ1v) is 3.48. The van der Waals surface area contributed by atoms with E-state index in [1.807, 2.05) is 20.9 Å². The monoisotopic (exact) mass is 130 g/mol. The summed E-state index contributed by atoms with van der Waals surface area (Å²) in [5, 5.41) is 3.17. The molecule has 0 spiro atoms. The highest BCUT2D eigenvalue weighted by Crippen LogP contribution is 2.06. The van der Waals surface area contributed by atoms with Crippen LogP contribution >= 0.6 is 0 Å². The van der Waals surface area contributed by atoms with Crippen LogP contribution in [0.1, 0.15) is 27.2 Å². The molecule has 2 nitrogen and oxygen atoms in total. The Bertz CT molecular complexity index is 69.5. The Balaban J connectivity index is 3.79. The maximum atomic E-state index is 5.84. The average molecular weight is 130 g/mol. The zero-order valence-corrected chi connectivity index (χ0v) is 6.86. The van der Waals surface area contributed by atoms with Crippen LogP contribution in [0.5, 0.6) is 0 Å². The van der Waals surface area contributed by atoms with Crippen LogP contribution in [0.3, 0.4) is 0 Å². The largest absolute Gasteiger partial charge is 0.324 e. The van der Waals surface area contributed by atoms with Crippen molar-refractivity contribution in [1.82, 2.24) is 5.32 Å². The van der Waals surface area contributed by atoms with Gasteiger partial charge in [-0.2, -0.15) is 0 Å². The maximum Gasteiger partial charge on any atom is 0.0252 e. The lowest BCUT2D eigenvalue weighted by Gasteiger charge is -2.28. The zero-order chi connectivity index (χ0) is 7.49. The Morgan fingerprint density at radius 2 is 2.00 bits per heavy atom. The van der Waals surface area contributed by atoms with Gasteiger partial charge in [-0.05, 0) is 27.3 Å². The Morgan fingerprint density at radius 1 is 1.56 bits per heavy atom. The van der Waals surface area contributed by atoms with Crippen molar-refractivity contribution < 1.29 is 0 Å². The molecule has 2 heteroatoms. The summed E-state index contributed by atoms with van der Waals surface area (Å²) < 4.78 is 0. The van der Waals surface area contributed by atoms with Gasteiger partial charge in [0.05, 0.1) is 0 Å². The van der Waals surface area contributed by atoms with Crippen LogP contribution < -0.4 is 11.1 Å². The van der Waals surface area contributed by atoms with E-state index < -0.39 is 0 Å². The zero-order valence-electron chi connectivity index (χ0n) is 6.86. The molecule has 0 aromatic carbocycles. The van der Waals surface area contributed by atoms with Crippen LogP contribution in [0.4, 0.5) is 0 Å². The van der Waals surface area contributed by atoms with Gasteiger partial charge in [0.1, 0.15) is 0 Å². The van der Waals surface area contributed by atoms with Crippen molar-refractivity contribution in [1.29, 1.82) is 0 Å². The van der Waals surface area contributed by atoms with E-state index in [4.69, 9.17) is 5.73 Å². The molecule has 0 heterocycles. The highest BCUT2D eigenvalue weighted by atomic mass is 14.9. The number of nitrogens with one attached hydrogen (secondary N) is 1. The van der Waals surface area contributed by atoms with Crippen LogP contribution in [0.2, 0.25) is 0 Å². The van der Waals surface area contributed by atoms with Crippen molar-refractivity contribution in [2.45, 2.75) is 38.8 Å². The molecule has 0 amide bonds. The standard InChI is InChI=1S/C7H18N2/c1-5-6(9-4)7(2,3)8/h6,9H,5,8H2,1-4H3. The lowest BCUT2D eigenvalue weighted by Crippen LogP contribution is -2.51. The Morgan fingerprint density at radius 3 is 2.00 bits per heavy atom. The fraction of sp³-hybridized carbons (Fsp3) is 1.00. The van der Waals surface area contributed by atoms with Crippen LogP contribution in [0, 0.1) is 0 Å². The fourth-order valence-electron chi connectivity index (χ4n) is 1.10. The van der Waals surface area contributed by atoms with E-state index in [2.05, 4.69) is 12.2 Å². The summed E-state index contributed by atoms with van der Waals surface area (Å²) in [4.78, 5) is 0. The molecule has 0 aliphatic rings. The van der Waals surface area contributed by atoms with Gasteiger partial charge in [0, 0.05) is 11.6 Å². The average Bonchev–Trinajstić information content (AvgIpc) is 1.65. The van der Waals surface area contributed by atoms with E-state index >= 15 is 0 Å². The minimum atomic E-state index is -0.0938. The molecule has 56 valence electrons. The van der Waals surface area contributed by atoms with E-state index in [-0.39, 0.29) is 5.54 Å². The number of hydrogen-bond donors (Lipinski definition) is 2. The van der Waals surface area contributed by atoms with E-state index in [1.54, 1.807) is 0 Å². The first-order chi connectivity index (χ1) is 4.02. The molecule has 0 fully saturated rings. The molecular weight excluding hydrogens is 112 g/mol. The Hall–Kier alpha value is -0.0800. The van der Waals surface area contributed by atoms with Crippen LogP contribution in [0.25, 0.3) is 0 Å². The number of likely N-dealkylation sites (N-methyl/N-ethyl adjacent to an activating group) is 1. The predicted molar refractivity (Wildman–Crippen MR) is 41.4 cm³/mol. The number of hydrogen-bond acceptors (Lipinski definition) is 2. The first kappa shape index (κ1) is 8.92. The second-order valence-corrected chi connectivity index (χ2v) is 3.07. The third-order valence-corrected chi connectivity index (χ3v) is 1.65. The molecule has 1 unspecified atom stereocenters. The summed E-state index contributed by atoms with van der Waals surface area (Å²) in [6.45, 7) is 6.21. The van der Waals surface area contributed by atoms with Crippen molar-refractivity contribution in [2.75, 3.05) is 7.05 Å². The SMILES string of the molecule is CCC(NC)C(C)(C)N. The smallest absolute Gasteiger partial charge is 0.0252 e. The highest BCUT2D eigenvalue weighted by molar-refractivity contribution is 4.85. The number of rotatable bonds is 3. The third kappa shape index (κ3) is 2.82. The van der Waals surface area contributed by atoms with E-state index in [9.17, 15) is 0 Å². The molecule has 3 N–H and O–H groups in total. The second-order valence-electron chi connectivity index (χ2n) is 3.07. The quantitative estimate of drug-likeness (QED) is 0.591. The summed E-state index contributed by atoms with van der Waals surface area (Å²) in [6.07, 6.45) is 1.08. The number of nitrogens with two attached hydrogens (primary N) is 1. The molecule has 0 saturated carbocycles. The lowest BCUT2D eigenvalue weighted by atomic mass is 9.94. The van der Waals surface area contributed by atoms with Crippen molar-refractivity contribution in [3.8, 4) is 0 Å². The fourth-order valence-corrected chi connectivity index (χ4v) is 1.10. The molecule has 0 radical (unpaired) electrons. The Kier molecular flexibility index (Phi) is 3.15. The van der Waals surface area contributed by atoms with Crippen molar-refractivity contribution >= 4 is 0 Å². The van der Waals surface area contributed by atoms with Crippen LogP contribution in [-0.4, -0.2) is 18.6 Å². The molecular formula is C7H18N2. The summed E-state index contributed by atoms with van der Waals surface area (Å²) >= 11 is 0. The molecule has 0 saturated heterocycles. The summed E-state index contributed by atoms with van der Waals surface area (Å²) in [7, 11) is 1.95. The van der Waals surface area contributed by atoms with Gasteiger partial charge >= 0.3 is 0 Å². The lowest BCUT2D eigenvalue weighted by molar-refractivity contribution is 0.352. The van der Waals surface area contributed by atoms with Gasteiger partial charge in [0.15, 0.2) is 0 Å². The van der Waals surface area contributed by atoms with Gasteiger partial charge in [-0.15, -0.1) is 0 Å². The molecule has 0 aliphatic heterocycles. The minimum absolute atomic E-state index is 0.0938. The molecule has 0 aromatic heterocycles. The topological polar surface area (TPSA) is 38.0 Å². The van der Waals surface area contributed by atoms with Gasteiger partial charge in [0.25, 0.3) is 0 Å². The molecule has 0 aliphatic carbocycles. The van der Waals surface area contributed by atoms with Gasteiger partial charge < -0.3 is 11.1 Å². The molecule has 9 heavy (non-hydrogen) atoms. The summed E-state index contributed by atoms with van der Waals surface area (Å²) in [5.41, 5.74) is 5.74.